The van der Waals surface area contributed by atoms with Gasteiger partial charge < -0.3 is 5.32 Å². The van der Waals surface area contributed by atoms with Gasteiger partial charge in [-0.1, -0.05) is 20.3 Å². The van der Waals surface area contributed by atoms with Crippen molar-refractivity contribution in [1.29, 1.82) is 0 Å². The Balaban J connectivity index is 2.93. The Kier molecular flexibility index (Phi) is 5.86. The second-order valence-electron chi connectivity index (χ2n) is 5.34. The predicted octanol–water partition coefficient (Wildman–Crippen LogP) is 3.92. The molecule has 0 bridgehead atoms. The lowest BCUT2D eigenvalue weighted by atomic mass is 10.1. The molecule has 3 nitrogen and oxygen atoms in total. The van der Waals surface area contributed by atoms with Crippen molar-refractivity contribution in [3.8, 4) is 0 Å². The smallest absolute Gasteiger partial charge is 0.0644 e. The third-order valence-electron chi connectivity index (χ3n) is 3.64. The van der Waals surface area contributed by atoms with E-state index < -0.39 is 0 Å². The lowest BCUT2D eigenvalue weighted by molar-refractivity contribution is 0.442. The average molecular weight is 251 g/mol. The summed E-state index contributed by atoms with van der Waals surface area (Å²) in [6.45, 7) is 14.3. The molecular formula is C15H29N3. The maximum absolute atomic E-state index is 4.73. The second kappa shape index (κ2) is 6.93. The third-order valence-corrected chi connectivity index (χ3v) is 3.64. The van der Waals surface area contributed by atoms with Gasteiger partial charge in [0.05, 0.1) is 5.69 Å². The van der Waals surface area contributed by atoms with Crippen molar-refractivity contribution in [2.75, 3.05) is 6.54 Å². The van der Waals surface area contributed by atoms with Gasteiger partial charge in [0.25, 0.3) is 0 Å². The van der Waals surface area contributed by atoms with Crippen LogP contribution in [0.15, 0.2) is 0 Å². The first-order valence-electron chi connectivity index (χ1n) is 7.31. The maximum Gasteiger partial charge on any atom is 0.0644 e. The van der Waals surface area contributed by atoms with E-state index >= 15 is 0 Å². The van der Waals surface area contributed by atoms with E-state index in [9.17, 15) is 0 Å². The summed E-state index contributed by atoms with van der Waals surface area (Å²) >= 11 is 0. The van der Waals surface area contributed by atoms with Crippen molar-refractivity contribution in [2.24, 2.45) is 0 Å². The van der Waals surface area contributed by atoms with Crippen molar-refractivity contribution in [3.05, 3.63) is 17.0 Å². The zero-order chi connectivity index (χ0) is 13.7. The van der Waals surface area contributed by atoms with Gasteiger partial charge in [0.1, 0.15) is 0 Å². The molecular weight excluding hydrogens is 222 g/mol. The van der Waals surface area contributed by atoms with E-state index in [2.05, 4.69) is 51.5 Å². The summed E-state index contributed by atoms with van der Waals surface area (Å²) in [6.07, 6.45) is 3.57. The molecule has 0 saturated carbocycles. The van der Waals surface area contributed by atoms with Gasteiger partial charge in [0.15, 0.2) is 0 Å². The normalized spacial score (nSPS) is 14.8. The molecule has 104 valence electrons. The van der Waals surface area contributed by atoms with Gasteiger partial charge in [-0.2, -0.15) is 5.10 Å². The molecule has 3 heteroatoms. The number of hydrogen-bond donors (Lipinski definition) is 1. The van der Waals surface area contributed by atoms with Crippen LogP contribution < -0.4 is 5.32 Å². The first-order valence-corrected chi connectivity index (χ1v) is 7.31. The molecule has 0 aromatic carbocycles. The molecule has 0 fully saturated rings. The molecule has 1 aromatic rings. The molecule has 0 aliphatic rings. The van der Waals surface area contributed by atoms with Gasteiger partial charge in [-0.25, -0.2) is 0 Å². The monoisotopic (exact) mass is 251 g/mol. The largest absolute Gasteiger partial charge is 0.310 e. The second-order valence-corrected chi connectivity index (χ2v) is 5.34. The summed E-state index contributed by atoms with van der Waals surface area (Å²) in [7, 11) is 0. The minimum Gasteiger partial charge on any atom is -0.310 e. The van der Waals surface area contributed by atoms with E-state index in [1.807, 2.05) is 0 Å². The summed E-state index contributed by atoms with van der Waals surface area (Å²) in [6, 6.07) is 0.897. The molecule has 0 spiro atoms. The molecule has 18 heavy (non-hydrogen) atoms. The van der Waals surface area contributed by atoms with Crippen LogP contribution in [0.5, 0.6) is 0 Å². The van der Waals surface area contributed by atoms with E-state index in [0.29, 0.717) is 12.1 Å². The Labute approximate surface area is 112 Å². The topological polar surface area (TPSA) is 29.9 Å². The highest BCUT2D eigenvalue weighted by molar-refractivity contribution is 5.28. The van der Waals surface area contributed by atoms with Crippen LogP contribution in [0, 0.1) is 13.8 Å². The lowest BCUT2D eigenvalue weighted by Gasteiger charge is -2.16. The Morgan fingerprint density at radius 1 is 1.17 bits per heavy atom. The Morgan fingerprint density at radius 3 is 2.39 bits per heavy atom. The summed E-state index contributed by atoms with van der Waals surface area (Å²) in [5.41, 5.74) is 3.88. The first-order chi connectivity index (χ1) is 8.52. The Morgan fingerprint density at radius 2 is 1.83 bits per heavy atom. The van der Waals surface area contributed by atoms with Crippen LogP contribution in [-0.2, 0) is 0 Å². The highest BCUT2D eigenvalue weighted by Crippen LogP contribution is 2.25. The van der Waals surface area contributed by atoms with Gasteiger partial charge in [-0.3, -0.25) is 4.68 Å². The van der Waals surface area contributed by atoms with E-state index in [4.69, 9.17) is 5.10 Å². The summed E-state index contributed by atoms with van der Waals surface area (Å²) in [4.78, 5) is 0. The quantitative estimate of drug-likeness (QED) is 0.796. The van der Waals surface area contributed by atoms with Crippen LogP contribution in [0.25, 0.3) is 0 Å². The number of nitrogens with zero attached hydrogens (tertiary/aromatic N) is 2. The highest BCUT2D eigenvalue weighted by atomic mass is 15.3. The Bertz CT molecular complexity index is 368. The van der Waals surface area contributed by atoms with Crippen LogP contribution >= 0.6 is 0 Å². The lowest BCUT2D eigenvalue weighted by Crippen LogP contribution is -2.20. The van der Waals surface area contributed by atoms with E-state index in [0.717, 1.165) is 6.54 Å². The number of nitrogens with one attached hydrogen (secondary N) is 1. The third kappa shape index (κ3) is 3.35. The average Bonchev–Trinajstić information content (AvgIpc) is 2.62. The zero-order valence-electron chi connectivity index (χ0n) is 12.9. The van der Waals surface area contributed by atoms with Gasteiger partial charge in [-0.05, 0) is 47.1 Å². The number of rotatable bonds is 7. The summed E-state index contributed by atoms with van der Waals surface area (Å²) < 4.78 is 2.21. The van der Waals surface area contributed by atoms with Crippen LogP contribution in [0.4, 0.5) is 0 Å². The maximum atomic E-state index is 4.73. The van der Waals surface area contributed by atoms with Gasteiger partial charge in [-0.15, -0.1) is 0 Å². The molecule has 0 aliphatic carbocycles. The minimum absolute atomic E-state index is 0.396. The molecule has 1 aromatic heterocycles. The summed E-state index contributed by atoms with van der Waals surface area (Å²) in [5, 5.41) is 8.30. The number of aromatic nitrogens is 2. The molecule has 1 heterocycles. The van der Waals surface area contributed by atoms with Crippen molar-refractivity contribution < 1.29 is 0 Å². The molecule has 0 radical (unpaired) electrons. The van der Waals surface area contributed by atoms with Crippen molar-refractivity contribution in [2.45, 2.75) is 72.9 Å². The van der Waals surface area contributed by atoms with E-state index in [1.165, 1.54) is 36.2 Å². The number of aryl methyl sites for hydroxylation is 1. The van der Waals surface area contributed by atoms with Crippen molar-refractivity contribution in [1.82, 2.24) is 15.1 Å². The highest BCUT2D eigenvalue weighted by Gasteiger charge is 2.19. The summed E-state index contributed by atoms with van der Waals surface area (Å²) in [5.74, 6) is 0. The number of hydrogen-bond acceptors (Lipinski definition) is 2. The SMILES string of the molecule is CCCNC(C)c1c(C)nn(C(C)CCC)c1C. The zero-order valence-corrected chi connectivity index (χ0v) is 12.9. The Hall–Kier alpha value is -0.830. The predicted molar refractivity (Wildman–Crippen MR) is 78.0 cm³/mol. The molecule has 2 atom stereocenters. The van der Waals surface area contributed by atoms with Crippen molar-refractivity contribution in [3.63, 3.8) is 0 Å². The minimum atomic E-state index is 0.396. The fourth-order valence-electron chi connectivity index (χ4n) is 2.73. The van der Waals surface area contributed by atoms with Gasteiger partial charge in [0.2, 0.25) is 0 Å². The van der Waals surface area contributed by atoms with Crippen LogP contribution in [0.1, 0.15) is 76.0 Å². The molecule has 2 unspecified atom stereocenters. The molecule has 1 rings (SSSR count). The fraction of sp³-hybridized carbons (Fsp3) is 0.800. The van der Waals surface area contributed by atoms with Crippen LogP contribution in [-0.4, -0.2) is 16.3 Å². The van der Waals surface area contributed by atoms with Crippen molar-refractivity contribution >= 4 is 0 Å². The van der Waals surface area contributed by atoms with E-state index in [1.54, 1.807) is 0 Å². The molecule has 0 amide bonds. The van der Waals surface area contributed by atoms with Gasteiger partial charge in [0, 0.05) is 23.3 Å². The van der Waals surface area contributed by atoms with Crippen LogP contribution in [0.3, 0.4) is 0 Å². The molecule has 0 aliphatic heterocycles. The first kappa shape index (κ1) is 15.2. The van der Waals surface area contributed by atoms with E-state index in [-0.39, 0.29) is 0 Å². The van der Waals surface area contributed by atoms with Gasteiger partial charge >= 0.3 is 0 Å². The fourth-order valence-corrected chi connectivity index (χ4v) is 2.73. The standard InChI is InChI=1S/C15H29N3/c1-7-9-11(3)18-14(6)15(13(5)17-18)12(4)16-10-8-2/h11-12,16H,7-10H2,1-6H3. The molecule has 1 N–H and O–H groups in total. The van der Waals surface area contributed by atoms with Crippen LogP contribution in [0.2, 0.25) is 0 Å². The molecule has 0 saturated heterocycles.